The molecule has 0 radical (unpaired) electrons. The van der Waals surface area contributed by atoms with Crippen LogP contribution < -0.4 is 19.6 Å². The van der Waals surface area contributed by atoms with Crippen LogP contribution in [0.3, 0.4) is 0 Å². The second kappa shape index (κ2) is 13.7. The molecule has 1 aliphatic heterocycles. The molecular weight excluding hydrogens is 576 g/mol. The SMILES string of the molecule is CCOC(=O)COc1cccc(/C=c2\sc3n(c2=O)[C@H](c2ccc(C(C)C)cc2)C(C(=O)OCC)=C(c2ccccc2)N=3)c1. The Balaban J connectivity index is 1.68. The zero-order chi connectivity index (χ0) is 31.2. The van der Waals surface area contributed by atoms with E-state index in [1.54, 1.807) is 42.7 Å². The van der Waals surface area contributed by atoms with E-state index < -0.39 is 18.0 Å². The largest absolute Gasteiger partial charge is 0.482 e. The molecule has 1 aromatic heterocycles. The molecule has 226 valence electrons. The maximum Gasteiger partial charge on any atom is 0.344 e. The third-order valence-electron chi connectivity index (χ3n) is 7.11. The molecule has 0 amide bonds. The van der Waals surface area contributed by atoms with Crippen molar-refractivity contribution >= 4 is 35.0 Å². The molecular formula is C35H34N2O6S. The fourth-order valence-corrected chi connectivity index (χ4v) is 6.01. The Kier molecular flexibility index (Phi) is 9.55. The Hall–Kier alpha value is -4.76. The van der Waals surface area contributed by atoms with Gasteiger partial charge in [-0.2, -0.15) is 0 Å². The number of carbonyl (C=O) groups is 2. The molecule has 0 bridgehead atoms. The third kappa shape index (κ3) is 6.58. The first-order valence-electron chi connectivity index (χ1n) is 14.6. The maximum atomic E-state index is 14.1. The standard InChI is InChI=1S/C35H34N2O6S/c1-5-41-29(38)21-43-27-14-10-11-23(19-27)20-28-33(39)37-32(26-17-15-24(16-18-26)22(3)4)30(34(40)42-6-2)31(36-35(37)44-28)25-12-8-7-9-13-25/h7-20,22,32H,5-6,21H2,1-4H3/b28-20-/t32-/m1/s1. The lowest BCUT2D eigenvalue weighted by Gasteiger charge is -2.26. The van der Waals surface area contributed by atoms with Crippen molar-refractivity contribution in [2.24, 2.45) is 4.99 Å². The summed E-state index contributed by atoms with van der Waals surface area (Å²) in [4.78, 5) is 44.9. The number of fused-ring (bicyclic) bond motifs is 1. The molecule has 0 unspecified atom stereocenters. The van der Waals surface area contributed by atoms with Crippen LogP contribution in [0.15, 0.2) is 94.2 Å². The summed E-state index contributed by atoms with van der Waals surface area (Å²) < 4.78 is 18.1. The van der Waals surface area contributed by atoms with Crippen molar-refractivity contribution in [2.45, 2.75) is 39.7 Å². The molecule has 9 heteroatoms. The predicted molar refractivity (Wildman–Crippen MR) is 170 cm³/mol. The van der Waals surface area contributed by atoms with Gasteiger partial charge in [-0.15, -0.1) is 0 Å². The van der Waals surface area contributed by atoms with E-state index in [0.29, 0.717) is 37.8 Å². The van der Waals surface area contributed by atoms with Crippen LogP contribution >= 0.6 is 11.3 Å². The van der Waals surface area contributed by atoms with E-state index in [4.69, 9.17) is 19.2 Å². The van der Waals surface area contributed by atoms with Crippen LogP contribution in [-0.4, -0.2) is 36.3 Å². The fourth-order valence-electron chi connectivity index (χ4n) is 5.01. The number of thiazole rings is 1. The van der Waals surface area contributed by atoms with Crippen molar-refractivity contribution in [3.8, 4) is 5.75 Å². The number of hydrogen-bond donors (Lipinski definition) is 0. The number of aromatic nitrogens is 1. The molecule has 0 fully saturated rings. The molecule has 0 saturated heterocycles. The smallest absolute Gasteiger partial charge is 0.344 e. The Morgan fingerprint density at radius 1 is 0.955 bits per heavy atom. The first-order valence-corrected chi connectivity index (χ1v) is 15.4. The summed E-state index contributed by atoms with van der Waals surface area (Å²) in [7, 11) is 0. The van der Waals surface area contributed by atoms with Crippen LogP contribution in [0.25, 0.3) is 11.8 Å². The van der Waals surface area contributed by atoms with Gasteiger partial charge in [-0.25, -0.2) is 14.6 Å². The molecule has 3 aromatic carbocycles. The molecule has 0 saturated carbocycles. The van der Waals surface area contributed by atoms with Crippen molar-refractivity contribution in [3.63, 3.8) is 0 Å². The van der Waals surface area contributed by atoms with Crippen molar-refractivity contribution in [3.05, 3.63) is 126 Å². The van der Waals surface area contributed by atoms with Crippen LogP contribution in [-0.2, 0) is 19.1 Å². The van der Waals surface area contributed by atoms with Gasteiger partial charge in [0.05, 0.1) is 35.1 Å². The van der Waals surface area contributed by atoms with E-state index in [0.717, 1.165) is 16.7 Å². The summed E-state index contributed by atoms with van der Waals surface area (Å²) in [5.74, 6) is -0.185. The van der Waals surface area contributed by atoms with Gasteiger partial charge >= 0.3 is 11.9 Å². The van der Waals surface area contributed by atoms with Crippen LogP contribution in [0.2, 0.25) is 0 Å². The lowest BCUT2D eigenvalue weighted by molar-refractivity contribution is -0.145. The Labute approximate surface area is 259 Å². The average molecular weight is 611 g/mol. The van der Waals surface area contributed by atoms with Crippen molar-refractivity contribution < 1.29 is 23.8 Å². The number of benzene rings is 3. The van der Waals surface area contributed by atoms with E-state index in [1.807, 2.05) is 60.7 Å². The number of carbonyl (C=O) groups excluding carboxylic acids is 2. The summed E-state index contributed by atoms with van der Waals surface area (Å²) in [6.07, 6.45) is 1.76. The van der Waals surface area contributed by atoms with Gasteiger partial charge in [0.1, 0.15) is 5.75 Å². The summed E-state index contributed by atoms with van der Waals surface area (Å²) in [5.41, 5.74) is 3.90. The Morgan fingerprint density at radius 2 is 1.68 bits per heavy atom. The first-order chi connectivity index (χ1) is 21.3. The fraction of sp³-hybridized carbons (Fsp3) is 0.257. The van der Waals surface area contributed by atoms with Gasteiger partial charge in [0.15, 0.2) is 11.4 Å². The highest BCUT2D eigenvalue weighted by molar-refractivity contribution is 7.07. The first kappa shape index (κ1) is 30.7. The quantitative estimate of drug-likeness (QED) is 0.235. The van der Waals surface area contributed by atoms with Crippen LogP contribution in [0.5, 0.6) is 5.75 Å². The molecule has 5 rings (SSSR count). The molecule has 0 spiro atoms. The molecule has 44 heavy (non-hydrogen) atoms. The van der Waals surface area contributed by atoms with E-state index in [1.165, 1.54) is 11.3 Å². The summed E-state index contributed by atoms with van der Waals surface area (Å²) in [5, 5.41) is 0. The summed E-state index contributed by atoms with van der Waals surface area (Å²) in [6.45, 7) is 7.97. The summed E-state index contributed by atoms with van der Waals surface area (Å²) in [6, 6.07) is 23.8. The minimum absolute atomic E-state index is 0.183. The predicted octanol–water partition coefficient (Wildman–Crippen LogP) is 5.00. The van der Waals surface area contributed by atoms with Gasteiger partial charge in [-0.05, 0) is 54.7 Å². The van der Waals surface area contributed by atoms with Crippen molar-refractivity contribution in [1.82, 2.24) is 4.57 Å². The van der Waals surface area contributed by atoms with Crippen LogP contribution in [0.4, 0.5) is 0 Å². The number of rotatable bonds is 10. The van der Waals surface area contributed by atoms with Gasteiger partial charge in [0, 0.05) is 5.56 Å². The van der Waals surface area contributed by atoms with E-state index in [-0.39, 0.29) is 25.4 Å². The molecule has 1 atom stereocenters. The topological polar surface area (TPSA) is 96.2 Å². The normalized spacial score (nSPS) is 14.7. The van der Waals surface area contributed by atoms with Crippen LogP contribution in [0, 0.1) is 0 Å². The Bertz CT molecular complexity index is 1870. The monoisotopic (exact) mass is 610 g/mol. The molecule has 8 nitrogen and oxygen atoms in total. The van der Waals surface area contributed by atoms with Crippen LogP contribution in [0.1, 0.15) is 61.9 Å². The van der Waals surface area contributed by atoms with E-state index in [2.05, 4.69) is 13.8 Å². The van der Waals surface area contributed by atoms with Gasteiger partial charge < -0.3 is 14.2 Å². The summed E-state index contributed by atoms with van der Waals surface area (Å²) >= 11 is 1.25. The molecule has 0 aliphatic carbocycles. The maximum absolute atomic E-state index is 14.1. The average Bonchev–Trinajstić information content (AvgIpc) is 3.34. The highest BCUT2D eigenvalue weighted by Crippen LogP contribution is 2.35. The highest BCUT2D eigenvalue weighted by Gasteiger charge is 2.35. The van der Waals surface area contributed by atoms with Gasteiger partial charge in [0.2, 0.25) is 0 Å². The third-order valence-corrected chi connectivity index (χ3v) is 8.09. The molecule has 1 aliphatic rings. The van der Waals surface area contributed by atoms with Crippen molar-refractivity contribution in [1.29, 1.82) is 0 Å². The molecule has 2 heterocycles. The second-order valence-corrected chi connectivity index (χ2v) is 11.4. The minimum atomic E-state index is -0.747. The highest BCUT2D eigenvalue weighted by atomic mass is 32.1. The number of esters is 2. The lowest BCUT2D eigenvalue weighted by Crippen LogP contribution is -2.40. The van der Waals surface area contributed by atoms with Gasteiger partial charge in [-0.1, -0.05) is 91.9 Å². The van der Waals surface area contributed by atoms with Gasteiger partial charge in [0.25, 0.3) is 5.56 Å². The Morgan fingerprint density at radius 3 is 2.36 bits per heavy atom. The lowest BCUT2D eigenvalue weighted by atomic mass is 9.91. The van der Waals surface area contributed by atoms with E-state index in [9.17, 15) is 14.4 Å². The molecule has 0 N–H and O–H groups in total. The minimum Gasteiger partial charge on any atom is -0.482 e. The number of ether oxygens (including phenoxy) is 3. The molecule has 4 aromatic rings. The zero-order valence-corrected chi connectivity index (χ0v) is 25.9. The zero-order valence-electron chi connectivity index (χ0n) is 25.1. The number of nitrogens with zero attached hydrogens (tertiary/aromatic N) is 2. The second-order valence-electron chi connectivity index (χ2n) is 10.4. The van der Waals surface area contributed by atoms with E-state index >= 15 is 0 Å². The van der Waals surface area contributed by atoms with Gasteiger partial charge in [-0.3, -0.25) is 9.36 Å². The number of hydrogen-bond acceptors (Lipinski definition) is 8. The van der Waals surface area contributed by atoms with Crippen molar-refractivity contribution in [2.75, 3.05) is 19.8 Å².